The van der Waals surface area contributed by atoms with Gasteiger partial charge in [0, 0.05) is 44.6 Å². The van der Waals surface area contributed by atoms with E-state index in [2.05, 4.69) is 25.3 Å². The van der Waals surface area contributed by atoms with Crippen molar-refractivity contribution in [1.29, 1.82) is 0 Å². The van der Waals surface area contributed by atoms with E-state index in [1.807, 2.05) is 9.80 Å². The number of anilines is 4. The van der Waals surface area contributed by atoms with E-state index < -0.39 is 11.8 Å². The van der Waals surface area contributed by atoms with Crippen molar-refractivity contribution in [2.75, 3.05) is 59.3 Å². The number of rotatable bonds is 5. The van der Waals surface area contributed by atoms with Crippen molar-refractivity contribution >= 4 is 29.2 Å². The highest BCUT2D eigenvalue weighted by Gasteiger charge is 2.44. The number of pyridine rings is 2. The SMILES string of the molecule is O=C(Nc1cnc(N2CCN(c3cc(F)ccn3)CC2)nc1)c1ccc(N2CC(F)(F)C2)nc1. The van der Waals surface area contributed by atoms with Crippen LogP contribution in [0.1, 0.15) is 10.4 Å². The first kappa shape index (κ1) is 21.9. The van der Waals surface area contributed by atoms with Gasteiger partial charge in [0.15, 0.2) is 0 Å². The van der Waals surface area contributed by atoms with Crippen molar-refractivity contribution in [2.24, 2.45) is 0 Å². The molecule has 9 nitrogen and oxygen atoms in total. The molecule has 12 heteroatoms. The average Bonchev–Trinajstić information content (AvgIpc) is 2.83. The van der Waals surface area contributed by atoms with Crippen LogP contribution in [0.4, 0.5) is 36.4 Å². The molecule has 0 saturated carbocycles. The molecule has 2 saturated heterocycles. The van der Waals surface area contributed by atoms with Crippen LogP contribution in [0.25, 0.3) is 0 Å². The number of carbonyl (C=O) groups excluding carboxylic acids is 1. The highest BCUT2D eigenvalue weighted by atomic mass is 19.3. The number of hydrogen-bond donors (Lipinski definition) is 1. The fourth-order valence-corrected chi connectivity index (χ4v) is 3.84. The number of carbonyl (C=O) groups is 1. The Morgan fingerprint density at radius 2 is 1.56 bits per heavy atom. The molecule has 2 aliphatic rings. The lowest BCUT2D eigenvalue weighted by molar-refractivity contribution is -0.0267. The van der Waals surface area contributed by atoms with Crippen LogP contribution in [-0.2, 0) is 0 Å². The number of alkyl halides is 2. The zero-order chi connectivity index (χ0) is 23.7. The first-order valence-electron chi connectivity index (χ1n) is 10.7. The van der Waals surface area contributed by atoms with E-state index in [4.69, 9.17) is 0 Å². The molecule has 3 aromatic heterocycles. The molecule has 0 aromatic carbocycles. The fraction of sp³-hybridized carbons (Fsp3) is 0.318. The van der Waals surface area contributed by atoms with Gasteiger partial charge in [-0.1, -0.05) is 0 Å². The van der Waals surface area contributed by atoms with E-state index in [1.54, 1.807) is 6.07 Å². The topological polar surface area (TPSA) is 90.4 Å². The van der Waals surface area contributed by atoms with Gasteiger partial charge in [0.25, 0.3) is 11.8 Å². The number of nitrogens with zero attached hydrogens (tertiary/aromatic N) is 7. The maximum atomic E-state index is 13.4. The van der Waals surface area contributed by atoms with Crippen LogP contribution in [0.3, 0.4) is 0 Å². The minimum Gasteiger partial charge on any atom is -0.353 e. The summed E-state index contributed by atoms with van der Waals surface area (Å²) in [5.74, 6) is -1.87. The van der Waals surface area contributed by atoms with Gasteiger partial charge in [-0.2, -0.15) is 0 Å². The quantitative estimate of drug-likeness (QED) is 0.608. The second kappa shape index (κ2) is 8.76. The van der Waals surface area contributed by atoms with Crippen LogP contribution >= 0.6 is 0 Å². The molecule has 0 atom stereocenters. The third-order valence-corrected chi connectivity index (χ3v) is 5.67. The Morgan fingerprint density at radius 1 is 0.853 bits per heavy atom. The molecule has 0 radical (unpaired) electrons. The Balaban J connectivity index is 1.14. The summed E-state index contributed by atoms with van der Waals surface area (Å²) in [4.78, 5) is 34.9. The summed E-state index contributed by atoms with van der Waals surface area (Å²) in [6.45, 7) is 1.85. The molecule has 0 spiro atoms. The predicted octanol–water partition coefficient (Wildman–Crippen LogP) is 2.44. The summed E-state index contributed by atoms with van der Waals surface area (Å²) in [5, 5.41) is 2.70. The lowest BCUT2D eigenvalue weighted by atomic mass is 10.1. The minimum atomic E-state index is -2.68. The van der Waals surface area contributed by atoms with E-state index in [0.717, 1.165) is 0 Å². The van der Waals surface area contributed by atoms with Gasteiger partial charge >= 0.3 is 0 Å². The zero-order valence-electron chi connectivity index (χ0n) is 18.0. The molecule has 34 heavy (non-hydrogen) atoms. The minimum absolute atomic E-state index is 0.294. The van der Waals surface area contributed by atoms with Crippen LogP contribution in [0.15, 0.2) is 49.1 Å². The number of nitrogens with one attached hydrogen (secondary N) is 1. The van der Waals surface area contributed by atoms with Gasteiger partial charge in [0.1, 0.15) is 17.5 Å². The summed E-state index contributed by atoms with van der Waals surface area (Å²) < 4.78 is 39.4. The maximum absolute atomic E-state index is 13.4. The number of piperazine rings is 1. The molecule has 3 aromatic rings. The Hall–Kier alpha value is -3.96. The number of halogens is 3. The normalized spacial score (nSPS) is 17.3. The van der Waals surface area contributed by atoms with Crippen LogP contribution in [0, 0.1) is 5.82 Å². The second-order valence-corrected chi connectivity index (χ2v) is 8.15. The van der Waals surface area contributed by atoms with Crippen molar-refractivity contribution < 1.29 is 18.0 Å². The molecule has 0 aliphatic carbocycles. The molecule has 0 unspecified atom stereocenters. The third-order valence-electron chi connectivity index (χ3n) is 5.67. The van der Waals surface area contributed by atoms with Gasteiger partial charge < -0.3 is 20.0 Å². The van der Waals surface area contributed by atoms with E-state index >= 15 is 0 Å². The van der Waals surface area contributed by atoms with Crippen LogP contribution < -0.4 is 20.0 Å². The fourth-order valence-electron chi connectivity index (χ4n) is 3.84. The van der Waals surface area contributed by atoms with Crippen LogP contribution in [-0.4, -0.2) is 71.0 Å². The summed E-state index contributed by atoms with van der Waals surface area (Å²) in [6, 6.07) is 5.81. The molecular formula is C22H21F3N8O. The lowest BCUT2D eigenvalue weighted by Gasteiger charge is -2.39. The Bertz CT molecular complexity index is 1160. The maximum Gasteiger partial charge on any atom is 0.282 e. The van der Waals surface area contributed by atoms with Crippen LogP contribution in [0.2, 0.25) is 0 Å². The lowest BCUT2D eigenvalue weighted by Crippen LogP contribution is -2.56. The first-order chi connectivity index (χ1) is 16.4. The van der Waals surface area contributed by atoms with Crippen molar-refractivity contribution in [3.8, 4) is 0 Å². The summed E-state index contributed by atoms with van der Waals surface area (Å²) >= 11 is 0. The standard InChI is InChI=1S/C22H21F3N8O/c23-16-3-4-26-19(9-16)31-5-7-32(8-6-31)21-28-11-17(12-29-21)30-20(34)15-1-2-18(27-10-15)33-13-22(24,25)14-33/h1-4,9-12H,5-8,13-14H2,(H,30,34). The molecule has 2 aliphatic heterocycles. The second-order valence-electron chi connectivity index (χ2n) is 8.15. The molecule has 1 amide bonds. The Morgan fingerprint density at radius 3 is 2.18 bits per heavy atom. The van der Waals surface area contributed by atoms with E-state index in [-0.39, 0.29) is 18.9 Å². The van der Waals surface area contributed by atoms with E-state index in [0.29, 0.717) is 55.0 Å². The van der Waals surface area contributed by atoms with E-state index in [9.17, 15) is 18.0 Å². The molecule has 5 heterocycles. The van der Waals surface area contributed by atoms with Crippen molar-refractivity contribution in [3.05, 3.63) is 60.4 Å². The average molecular weight is 470 g/mol. The van der Waals surface area contributed by atoms with Gasteiger partial charge in [-0.15, -0.1) is 0 Å². The molecular weight excluding hydrogens is 449 g/mol. The Labute approximate surface area is 193 Å². The van der Waals surface area contributed by atoms with Gasteiger partial charge in [-0.05, 0) is 18.2 Å². The number of amides is 1. The van der Waals surface area contributed by atoms with Crippen molar-refractivity contribution in [2.45, 2.75) is 5.92 Å². The molecule has 2 fully saturated rings. The van der Waals surface area contributed by atoms with Gasteiger partial charge in [0.2, 0.25) is 5.95 Å². The molecule has 5 rings (SSSR count). The summed E-state index contributed by atoms with van der Waals surface area (Å²) in [6.07, 6.45) is 5.84. The van der Waals surface area contributed by atoms with Crippen molar-refractivity contribution in [3.63, 3.8) is 0 Å². The highest BCUT2D eigenvalue weighted by Crippen LogP contribution is 2.30. The zero-order valence-corrected chi connectivity index (χ0v) is 18.0. The largest absolute Gasteiger partial charge is 0.353 e. The molecule has 0 bridgehead atoms. The monoisotopic (exact) mass is 470 g/mol. The van der Waals surface area contributed by atoms with E-state index in [1.165, 1.54) is 47.9 Å². The smallest absolute Gasteiger partial charge is 0.282 e. The van der Waals surface area contributed by atoms with Gasteiger partial charge in [-0.25, -0.2) is 33.1 Å². The first-order valence-corrected chi connectivity index (χ1v) is 10.7. The van der Waals surface area contributed by atoms with Crippen LogP contribution in [0.5, 0.6) is 0 Å². The number of aromatic nitrogens is 4. The summed E-state index contributed by atoms with van der Waals surface area (Å²) in [7, 11) is 0. The Kier molecular flexibility index (Phi) is 5.64. The third kappa shape index (κ3) is 4.70. The van der Waals surface area contributed by atoms with Gasteiger partial charge in [-0.3, -0.25) is 4.79 Å². The highest BCUT2D eigenvalue weighted by molar-refractivity contribution is 6.04. The number of hydrogen-bond acceptors (Lipinski definition) is 8. The predicted molar refractivity (Wildman–Crippen MR) is 120 cm³/mol. The summed E-state index contributed by atoms with van der Waals surface area (Å²) in [5.41, 5.74) is 0.713. The van der Waals surface area contributed by atoms with Gasteiger partial charge in [0.05, 0.1) is 36.7 Å². The molecule has 1 N–H and O–H groups in total. The van der Waals surface area contributed by atoms with Crippen molar-refractivity contribution in [1.82, 2.24) is 19.9 Å². The molecule has 176 valence electrons.